The topological polar surface area (TPSA) is 99.6 Å². The molecule has 2 aliphatic rings. The molecule has 2 saturated heterocycles. The first-order valence-electron chi connectivity index (χ1n) is 13.4. The molecule has 0 aliphatic carbocycles. The molecule has 2 aromatic rings. The second-order valence-corrected chi connectivity index (χ2v) is 10.2. The van der Waals surface area contributed by atoms with Gasteiger partial charge in [0.2, 0.25) is 11.8 Å². The van der Waals surface area contributed by atoms with Crippen molar-refractivity contribution in [3.8, 4) is 0 Å². The van der Waals surface area contributed by atoms with Gasteiger partial charge in [0.05, 0.1) is 10.9 Å². The number of hydrogen-bond acceptors (Lipinski definition) is 7. The maximum Gasteiger partial charge on any atom is 0.264 e. The van der Waals surface area contributed by atoms with Crippen LogP contribution in [0.15, 0.2) is 23.0 Å². The van der Waals surface area contributed by atoms with E-state index in [2.05, 4.69) is 32.5 Å². The Bertz CT molecular complexity index is 1130. The summed E-state index contributed by atoms with van der Waals surface area (Å²) in [6.45, 7) is 8.51. The maximum absolute atomic E-state index is 13.5. The highest BCUT2D eigenvalue weighted by Gasteiger charge is 2.30. The lowest BCUT2D eigenvalue weighted by Gasteiger charge is -2.24. The van der Waals surface area contributed by atoms with E-state index in [1.807, 2.05) is 18.2 Å². The second kappa shape index (κ2) is 12.5. The Kier molecular flexibility index (Phi) is 9.09. The number of fused-ring (bicyclic) bond motifs is 1. The summed E-state index contributed by atoms with van der Waals surface area (Å²) in [4.78, 5) is 47.1. The zero-order valence-electron chi connectivity index (χ0n) is 21.7. The van der Waals surface area contributed by atoms with Crippen LogP contribution in [0.1, 0.15) is 63.2 Å². The average Bonchev–Trinajstić information content (AvgIpc) is 3.05. The second-order valence-electron chi connectivity index (χ2n) is 10.2. The lowest BCUT2D eigenvalue weighted by molar-refractivity contribution is -0.135. The van der Waals surface area contributed by atoms with E-state index in [0.717, 1.165) is 25.1 Å². The molecule has 0 radical (unpaired) electrons. The van der Waals surface area contributed by atoms with Crippen molar-refractivity contribution in [3.05, 3.63) is 34.4 Å². The number of hydrogen-bond donors (Lipinski definition) is 2. The Morgan fingerprint density at radius 3 is 2.67 bits per heavy atom. The molecule has 2 N–H and O–H groups in total. The number of nitrogens with one attached hydrogen (secondary N) is 2. The predicted octanol–water partition coefficient (Wildman–Crippen LogP) is 2.68. The molecular weight excluding hydrogens is 456 g/mol. The van der Waals surface area contributed by atoms with E-state index in [4.69, 9.17) is 0 Å². The minimum atomic E-state index is -0.713. The van der Waals surface area contributed by atoms with E-state index < -0.39 is 11.9 Å². The van der Waals surface area contributed by atoms with Gasteiger partial charge in [0.1, 0.15) is 11.9 Å². The normalized spacial score (nSPS) is 19.9. The van der Waals surface area contributed by atoms with Crippen molar-refractivity contribution in [3.63, 3.8) is 0 Å². The summed E-state index contributed by atoms with van der Waals surface area (Å²) in [7, 11) is 2.21. The number of rotatable bonds is 10. The first-order chi connectivity index (χ1) is 17.4. The third-order valence-corrected chi connectivity index (χ3v) is 7.41. The molecule has 0 saturated carbocycles. The van der Waals surface area contributed by atoms with Gasteiger partial charge in [-0.1, -0.05) is 25.3 Å². The van der Waals surface area contributed by atoms with Gasteiger partial charge < -0.3 is 15.1 Å². The number of carbonyl (C=O) groups is 2. The SMILES string of the molecule is Cc1nc2cccc(NCCCCCCCN3CCCN(C)CC3)c2c(=O)n1C1CCC(=O)NC1=O. The lowest BCUT2D eigenvalue weighted by atomic mass is 10.1. The summed E-state index contributed by atoms with van der Waals surface area (Å²) in [5.74, 6) is -0.259. The van der Waals surface area contributed by atoms with Gasteiger partial charge in [0.15, 0.2) is 0 Å². The van der Waals surface area contributed by atoms with Gasteiger partial charge in [-0.3, -0.25) is 24.3 Å². The van der Waals surface area contributed by atoms with Gasteiger partial charge in [-0.15, -0.1) is 0 Å². The van der Waals surface area contributed by atoms with Crippen LogP contribution in [0.5, 0.6) is 0 Å². The number of aryl methyl sites for hydroxylation is 1. The van der Waals surface area contributed by atoms with Crippen molar-refractivity contribution in [2.75, 3.05) is 51.6 Å². The highest BCUT2D eigenvalue weighted by molar-refractivity contribution is 5.99. The fourth-order valence-electron chi connectivity index (χ4n) is 5.33. The number of imide groups is 1. The van der Waals surface area contributed by atoms with E-state index in [1.54, 1.807) is 6.92 Å². The van der Waals surface area contributed by atoms with Crippen molar-refractivity contribution in [1.29, 1.82) is 0 Å². The van der Waals surface area contributed by atoms with Crippen LogP contribution < -0.4 is 16.2 Å². The van der Waals surface area contributed by atoms with E-state index in [-0.39, 0.29) is 17.9 Å². The van der Waals surface area contributed by atoms with E-state index in [0.29, 0.717) is 23.1 Å². The lowest BCUT2D eigenvalue weighted by Crippen LogP contribution is -2.45. The number of anilines is 1. The summed E-state index contributed by atoms with van der Waals surface area (Å²) >= 11 is 0. The zero-order valence-corrected chi connectivity index (χ0v) is 21.7. The van der Waals surface area contributed by atoms with Crippen LogP contribution in [0, 0.1) is 6.92 Å². The van der Waals surface area contributed by atoms with Gasteiger partial charge in [0.25, 0.3) is 5.56 Å². The molecule has 36 heavy (non-hydrogen) atoms. The molecule has 2 amide bonds. The first kappa shape index (κ1) is 26.3. The third-order valence-electron chi connectivity index (χ3n) is 7.41. The molecule has 1 aromatic carbocycles. The van der Waals surface area contributed by atoms with E-state index in [1.165, 1.54) is 63.0 Å². The van der Waals surface area contributed by atoms with Crippen LogP contribution in [-0.4, -0.2) is 77.5 Å². The van der Waals surface area contributed by atoms with E-state index >= 15 is 0 Å². The van der Waals surface area contributed by atoms with Crippen LogP contribution in [0.3, 0.4) is 0 Å². The Hall–Kier alpha value is -2.78. The highest BCUT2D eigenvalue weighted by atomic mass is 16.2. The quantitative estimate of drug-likeness (QED) is 0.385. The summed E-state index contributed by atoms with van der Waals surface area (Å²) in [5.41, 5.74) is 1.12. The van der Waals surface area contributed by atoms with Crippen molar-refractivity contribution in [2.45, 2.75) is 64.3 Å². The molecule has 0 spiro atoms. The fraction of sp³-hybridized carbons (Fsp3) is 0.630. The van der Waals surface area contributed by atoms with Crippen molar-refractivity contribution < 1.29 is 9.59 Å². The monoisotopic (exact) mass is 496 g/mol. The number of likely N-dealkylation sites (N-methyl/N-ethyl adjacent to an activating group) is 1. The number of aromatic nitrogens is 2. The Labute approximate surface area is 213 Å². The molecule has 196 valence electrons. The summed E-state index contributed by atoms with van der Waals surface area (Å²) in [5, 5.41) is 6.27. The van der Waals surface area contributed by atoms with Gasteiger partial charge >= 0.3 is 0 Å². The number of nitrogens with zero attached hydrogens (tertiary/aromatic N) is 4. The van der Waals surface area contributed by atoms with Crippen LogP contribution in [0.2, 0.25) is 0 Å². The number of carbonyl (C=O) groups excluding carboxylic acids is 2. The standard InChI is InChI=1S/C27H40N6O3/c1-20-29-22-11-8-10-21(25(22)27(36)33(20)23-12-13-24(34)30-26(23)35)28-14-6-4-3-5-7-16-32-17-9-15-31(2)18-19-32/h8,10-11,23,28H,3-7,9,12-19H2,1-2H3,(H,30,34,35). The third kappa shape index (κ3) is 6.50. The Morgan fingerprint density at radius 2 is 1.83 bits per heavy atom. The molecule has 2 fully saturated rings. The number of unbranched alkanes of at least 4 members (excludes halogenated alkanes) is 4. The van der Waals surface area contributed by atoms with Crippen LogP contribution >= 0.6 is 0 Å². The molecule has 9 heteroatoms. The minimum absolute atomic E-state index is 0.218. The molecule has 2 aliphatic heterocycles. The average molecular weight is 497 g/mol. The first-order valence-corrected chi connectivity index (χ1v) is 13.4. The minimum Gasteiger partial charge on any atom is -0.384 e. The van der Waals surface area contributed by atoms with Crippen LogP contribution in [-0.2, 0) is 9.59 Å². The Morgan fingerprint density at radius 1 is 1.03 bits per heavy atom. The zero-order chi connectivity index (χ0) is 25.5. The summed E-state index contributed by atoms with van der Waals surface area (Å²) in [6.07, 6.45) is 7.70. The van der Waals surface area contributed by atoms with Crippen LogP contribution in [0.25, 0.3) is 10.9 Å². The predicted molar refractivity (Wildman–Crippen MR) is 142 cm³/mol. The van der Waals surface area contributed by atoms with Crippen molar-refractivity contribution >= 4 is 28.4 Å². The molecular formula is C27H40N6O3. The molecule has 1 unspecified atom stereocenters. The van der Waals surface area contributed by atoms with Crippen molar-refractivity contribution in [2.24, 2.45) is 0 Å². The Balaban J connectivity index is 1.29. The van der Waals surface area contributed by atoms with Gasteiger partial charge in [-0.25, -0.2) is 4.98 Å². The molecule has 1 aromatic heterocycles. The summed E-state index contributed by atoms with van der Waals surface area (Å²) < 4.78 is 1.44. The molecule has 4 rings (SSSR count). The van der Waals surface area contributed by atoms with Crippen molar-refractivity contribution in [1.82, 2.24) is 24.7 Å². The van der Waals surface area contributed by atoms with Gasteiger partial charge in [-0.2, -0.15) is 0 Å². The largest absolute Gasteiger partial charge is 0.384 e. The smallest absolute Gasteiger partial charge is 0.264 e. The number of piperidine rings is 1. The fourth-order valence-corrected chi connectivity index (χ4v) is 5.33. The number of benzene rings is 1. The number of amides is 2. The highest BCUT2D eigenvalue weighted by Crippen LogP contribution is 2.23. The molecule has 1 atom stereocenters. The summed E-state index contributed by atoms with van der Waals surface area (Å²) in [6, 6.07) is 4.91. The molecule has 0 bridgehead atoms. The van der Waals surface area contributed by atoms with Gasteiger partial charge in [0, 0.05) is 31.7 Å². The van der Waals surface area contributed by atoms with Crippen LogP contribution in [0.4, 0.5) is 5.69 Å². The maximum atomic E-state index is 13.5. The van der Waals surface area contributed by atoms with E-state index in [9.17, 15) is 14.4 Å². The molecule has 3 heterocycles. The van der Waals surface area contributed by atoms with Gasteiger partial charge in [-0.05, 0) is 71.4 Å². The molecule has 9 nitrogen and oxygen atoms in total.